The number of amides is 1. The van der Waals surface area contributed by atoms with Crippen LogP contribution in [0.5, 0.6) is 11.5 Å². The first-order valence-electron chi connectivity index (χ1n) is 10.4. The Bertz CT molecular complexity index is 1380. The zero-order chi connectivity index (χ0) is 21.9. The van der Waals surface area contributed by atoms with Gasteiger partial charge in [0.25, 0.3) is 0 Å². The number of carbonyl (C=O) groups excluding carboxylic acids is 1. The van der Waals surface area contributed by atoms with E-state index in [2.05, 4.69) is 37.9 Å². The number of anilines is 3. The van der Waals surface area contributed by atoms with Gasteiger partial charge in [0.2, 0.25) is 5.91 Å². The Hall–Kier alpha value is -4.07. The molecule has 32 heavy (non-hydrogen) atoms. The summed E-state index contributed by atoms with van der Waals surface area (Å²) in [5.74, 6) is 2.27. The molecule has 1 aliphatic carbocycles. The highest BCUT2D eigenvalue weighted by Gasteiger charge is 2.65. The van der Waals surface area contributed by atoms with E-state index >= 15 is 0 Å². The number of hydrogen-bond donors (Lipinski definition) is 3. The molecule has 0 bridgehead atoms. The third-order valence-electron chi connectivity index (χ3n) is 6.57. The van der Waals surface area contributed by atoms with Crippen molar-refractivity contribution in [1.82, 2.24) is 15.2 Å². The molecule has 1 spiro atoms. The molecule has 1 aliphatic heterocycles. The van der Waals surface area contributed by atoms with Gasteiger partial charge in [0.05, 0.1) is 37.0 Å². The minimum atomic E-state index is -0.525. The highest BCUT2D eigenvalue weighted by Crippen LogP contribution is 2.65. The second kappa shape index (κ2) is 6.71. The lowest BCUT2D eigenvalue weighted by atomic mass is 9.91. The highest BCUT2D eigenvalue weighted by molar-refractivity contribution is 6.10. The summed E-state index contributed by atoms with van der Waals surface area (Å²) >= 11 is 0. The van der Waals surface area contributed by atoms with Crippen molar-refractivity contribution < 1.29 is 14.3 Å². The lowest BCUT2D eigenvalue weighted by Gasteiger charge is -2.10. The monoisotopic (exact) mass is 427 g/mol. The minimum Gasteiger partial charge on any atom is -0.497 e. The summed E-state index contributed by atoms with van der Waals surface area (Å²) < 4.78 is 10.8. The molecule has 3 heterocycles. The maximum Gasteiger partial charge on any atom is 0.235 e. The molecule has 2 atom stereocenters. The van der Waals surface area contributed by atoms with Gasteiger partial charge in [-0.15, -0.1) is 0 Å². The number of pyridine rings is 1. The normalized spacial score (nSPS) is 20.8. The summed E-state index contributed by atoms with van der Waals surface area (Å²) in [5, 5.41) is 14.9. The smallest absolute Gasteiger partial charge is 0.235 e. The highest BCUT2D eigenvalue weighted by atomic mass is 16.5. The Kier molecular flexibility index (Phi) is 3.92. The van der Waals surface area contributed by atoms with Crippen molar-refractivity contribution >= 4 is 34.0 Å². The molecule has 4 aromatic rings. The van der Waals surface area contributed by atoms with E-state index in [1.54, 1.807) is 26.6 Å². The first kappa shape index (κ1) is 18.7. The van der Waals surface area contributed by atoms with Gasteiger partial charge in [-0.3, -0.25) is 14.9 Å². The standard InChI is InChI=1S/C24H21N5O3/c1-31-14-4-6-18-16(10-14)24(23(30)27-18)11-17(24)13-3-5-15-20(9-13)28-29-22(15)26-19-7-8-25-12-21(19)32-2/h3-10,12,17H,11H2,1-2H3,(H,27,30)(H2,25,26,28,29)/t17-,24-/m0/s1. The van der Waals surface area contributed by atoms with Crippen LogP contribution in [0, 0.1) is 0 Å². The zero-order valence-corrected chi connectivity index (χ0v) is 17.6. The fourth-order valence-electron chi connectivity index (χ4n) is 4.82. The van der Waals surface area contributed by atoms with E-state index < -0.39 is 5.41 Å². The number of aromatic amines is 1. The van der Waals surface area contributed by atoms with E-state index in [0.717, 1.165) is 45.6 Å². The molecule has 160 valence electrons. The molecule has 0 saturated heterocycles. The molecule has 0 radical (unpaired) electrons. The number of H-pyrrole nitrogens is 1. The molecule has 1 amide bonds. The molecule has 2 aromatic carbocycles. The van der Waals surface area contributed by atoms with Crippen LogP contribution in [0.1, 0.15) is 23.5 Å². The fourth-order valence-corrected chi connectivity index (χ4v) is 4.82. The summed E-state index contributed by atoms with van der Waals surface area (Å²) in [6.45, 7) is 0. The summed E-state index contributed by atoms with van der Waals surface area (Å²) in [5.41, 5.74) is 4.17. The number of aromatic nitrogens is 3. The SMILES string of the molecule is COc1ccc2c(c1)[C@]1(C[C@H]1c1ccc3c(Nc4ccncc4OC)n[nH]c3c1)C(=O)N2. The molecule has 6 rings (SSSR count). The van der Waals surface area contributed by atoms with Gasteiger partial charge < -0.3 is 20.1 Å². The van der Waals surface area contributed by atoms with E-state index in [1.807, 2.05) is 30.3 Å². The van der Waals surface area contributed by atoms with Crippen LogP contribution in [0.15, 0.2) is 54.9 Å². The second-order valence-corrected chi connectivity index (χ2v) is 8.17. The van der Waals surface area contributed by atoms with E-state index in [1.165, 1.54) is 0 Å². The number of carbonyl (C=O) groups is 1. The van der Waals surface area contributed by atoms with E-state index in [0.29, 0.717) is 11.6 Å². The first-order valence-corrected chi connectivity index (χ1v) is 10.4. The molecular weight excluding hydrogens is 406 g/mol. The van der Waals surface area contributed by atoms with Crippen molar-refractivity contribution in [3.8, 4) is 11.5 Å². The molecule has 8 heteroatoms. The zero-order valence-electron chi connectivity index (χ0n) is 17.6. The third kappa shape index (κ3) is 2.59. The van der Waals surface area contributed by atoms with Gasteiger partial charge in [-0.2, -0.15) is 5.10 Å². The van der Waals surface area contributed by atoms with Crippen LogP contribution in [-0.4, -0.2) is 35.3 Å². The van der Waals surface area contributed by atoms with Crippen LogP contribution >= 0.6 is 0 Å². The second-order valence-electron chi connectivity index (χ2n) is 8.17. The van der Waals surface area contributed by atoms with E-state index in [4.69, 9.17) is 9.47 Å². The number of methoxy groups -OCH3 is 2. The molecule has 1 saturated carbocycles. The van der Waals surface area contributed by atoms with Crippen LogP contribution in [0.4, 0.5) is 17.2 Å². The van der Waals surface area contributed by atoms with Gasteiger partial charge >= 0.3 is 0 Å². The Labute approximate surface area is 184 Å². The quantitative estimate of drug-likeness (QED) is 0.443. The van der Waals surface area contributed by atoms with Crippen molar-refractivity contribution in [2.75, 3.05) is 24.9 Å². The van der Waals surface area contributed by atoms with Crippen molar-refractivity contribution in [3.05, 3.63) is 66.0 Å². The van der Waals surface area contributed by atoms with Gasteiger partial charge in [-0.05, 0) is 53.9 Å². The molecule has 1 fully saturated rings. The van der Waals surface area contributed by atoms with Crippen LogP contribution in [0.25, 0.3) is 10.9 Å². The maximum absolute atomic E-state index is 12.9. The fraction of sp³-hybridized carbons (Fsp3) is 0.208. The first-order chi connectivity index (χ1) is 15.6. The number of hydrogen-bond acceptors (Lipinski definition) is 6. The molecule has 2 aromatic heterocycles. The van der Waals surface area contributed by atoms with Crippen LogP contribution in [0.2, 0.25) is 0 Å². The number of nitrogens with zero attached hydrogens (tertiary/aromatic N) is 2. The van der Waals surface area contributed by atoms with Gasteiger partial charge in [0.1, 0.15) is 5.75 Å². The molecule has 8 nitrogen and oxygen atoms in total. The number of rotatable bonds is 5. The summed E-state index contributed by atoms with van der Waals surface area (Å²) in [4.78, 5) is 17.0. The van der Waals surface area contributed by atoms with E-state index in [-0.39, 0.29) is 11.8 Å². The lowest BCUT2D eigenvalue weighted by molar-refractivity contribution is -0.118. The number of ether oxygens (including phenoxy) is 2. The predicted molar refractivity (Wildman–Crippen MR) is 121 cm³/mol. The Morgan fingerprint density at radius 2 is 2.03 bits per heavy atom. The molecule has 3 N–H and O–H groups in total. The molecule has 0 unspecified atom stereocenters. The van der Waals surface area contributed by atoms with Gasteiger partial charge in [0, 0.05) is 23.2 Å². The molecule has 2 aliphatic rings. The largest absolute Gasteiger partial charge is 0.497 e. The van der Waals surface area contributed by atoms with Crippen molar-refractivity contribution in [2.45, 2.75) is 17.8 Å². The Morgan fingerprint density at radius 1 is 1.12 bits per heavy atom. The third-order valence-corrected chi connectivity index (χ3v) is 6.57. The Morgan fingerprint density at radius 3 is 2.88 bits per heavy atom. The van der Waals surface area contributed by atoms with Crippen molar-refractivity contribution in [1.29, 1.82) is 0 Å². The average Bonchev–Trinajstić information content (AvgIpc) is 3.38. The topological polar surface area (TPSA) is 101 Å². The van der Waals surface area contributed by atoms with Crippen LogP contribution in [-0.2, 0) is 10.2 Å². The number of benzene rings is 2. The van der Waals surface area contributed by atoms with Crippen molar-refractivity contribution in [3.63, 3.8) is 0 Å². The Balaban J connectivity index is 1.33. The predicted octanol–water partition coefficient (Wildman–Crippen LogP) is 4.10. The summed E-state index contributed by atoms with van der Waals surface area (Å²) in [6.07, 6.45) is 4.13. The molecular formula is C24H21N5O3. The van der Waals surface area contributed by atoms with Crippen LogP contribution in [0.3, 0.4) is 0 Å². The minimum absolute atomic E-state index is 0.0580. The van der Waals surface area contributed by atoms with Gasteiger partial charge in [-0.1, -0.05) is 6.07 Å². The summed E-state index contributed by atoms with van der Waals surface area (Å²) in [7, 11) is 3.25. The summed E-state index contributed by atoms with van der Waals surface area (Å²) in [6, 6.07) is 13.8. The van der Waals surface area contributed by atoms with Gasteiger partial charge in [-0.25, -0.2) is 0 Å². The number of fused-ring (bicyclic) bond motifs is 3. The average molecular weight is 427 g/mol. The van der Waals surface area contributed by atoms with Crippen molar-refractivity contribution in [2.24, 2.45) is 0 Å². The lowest BCUT2D eigenvalue weighted by Crippen LogP contribution is -2.21. The van der Waals surface area contributed by atoms with Crippen LogP contribution < -0.4 is 20.1 Å². The maximum atomic E-state index is 12.9. The van der Waals surface area contributed by atoms with E-state index in [9.17, 15) is 4.79 Å². The van der Waals surface area contributed by atoms with Gasteiger partial charge in [0.15, 0.2) is 11.6 Å². The number of nitrogens with one attached hydrogen (secondary N) is 3.